The summed E-state index contributed by atoms with van der Waals surface area (Å²) in [6.07, 6.45) is 1.53. The van der Waals surface area contributed by atoms with Crippen LogP contribution in [-0.4, -0.2) is 36.9 Å². The van der Waals surface area contributed by atoms with Gasteiger partial charge in [0.05, 0.1) is 9.68 Å². The van der Waals surface area contributed by atoms with Crippen molar-refractivity contribution in [2.75, 3.05) is 13.1 Å². The lowest BCUT2D eigenvalue weighted by Gasteiger charge is -2.16. The molecule has 3 heteroatoms. The van der Waals surface area contributed by atoms with Gasteiger partial charge in [-0.25, -0.2) is 0 Å². The molecule has 0 aliphatic rings. The van der Waals surface area contributed by atoms with E-state index in [1.807, 2.05) is 0 Å². The fourth-order valence-corrected chi connectivity index (χ4v) is 4.52. The molecular weight excluding hydrogens is 166 g/mol. The summed E-state index contributed by atoms with van der Waals surface area (Å²) in [6.45, 7) is 9.55. The second-order valence-electron chi connectivity index (χ2n) is 3.09. The molecule has 0 aromatic carbocycles. The average Bonchev–Trinajstić information content (AvgIpc) is 2.05. The topological polar surface area (TPSA) is 3.24 Å². The molecule has 0 aromatic heterocycles. The highest BCUT2D eigenvalue weighted by Crippen LogP contribution is 1.97. The van der Waals surface area contributed by atoms with Crippen LogP contribution in [0.1, 0.15) is 20.3 Å². The zero-order chi connectivity index (χ0) is 8.53. The van der Waals surface area contributed by atoms with Gasteiger partial charge in [-0.05, 0) is 13.1 Å². The first-order valence-electron chi connectivity index (χ1n) is 5.07. The number of rotatable bonds is 7. The maximum absolute atomic E-state index is 2.65. The van der Waals surface area contributed by atoms with Crippen LogP contribution in [0.2, 0.25) is 18.6 Å². The molecule has 0 atom stereocenters. The van der Waals surface area contributed by atoms with Gasteiger partial charge in [-0.1, -0.05) is 38.9 Å². The Hall–Kier alpha value is 0.394. The van der Waals surface area contributed by atoms with Gasteiger partial charge in [0.15, 0.2) is 0 Å². The average molecular weight is 189 g/mol. The van der Waals surface area contributed by atoms with Gasteiger partial charge in [0.2, 0.25) is 0 Å². The molecule has 0 aliphatic heterocycles. The standard InChI is InChI=1S/C8H23NSi2/c1-4-9(5-2)11-8-6-7-10-3/h4-8,10-11H2,1-3H3. The molecule has 0 saturated carbocycles. The van der Waals surface area contributed by atoms with E-state index in [0.717, 1.165) is 0 Å². The van der Waals surface area contributed by atoms with Crippen molar-refractivity contribution >= 4 is 19.2 Å². The van der Waals surface area contributed by atoms with Gasteiger partial charge < -0.3 is 4.57 Å². The summed E-state index contributed by atoms with van der Waals surface area (Å²) in [4.78, 5) is 0. The maximum atomic E-state index is 2.65. The Balaban J connectivity index is 3.07. The first-order chi connectivity index (χ1) is 5.35. The molecule has 0 radical (unpaired) electrons. The van der Waals surface area contributed by atoms with E-state index < -0.39 is 0 Å². The predicted octanol–water partition coefficient (Wildman–Crippen LogP) is 0.856. The second kappa shape index (κ2) is 8.49. The molecule has 0 saturated heterocycles. The minimum absolute atomic E-state index is 0.160. The van der Waals surface area contributed by atoms with Crippen LogP contribution in [0.5, 0.6) is 0 Å². The Kier molecular flexibility index (Phi) is 8.79. The third-order valence-corrected chi connectivity index (χ3v) is 5.77. The number of hydrogen-bond donors (Lipinski definition) is 0. The lowest BCUT2D eigenvalue weighted by Crippen LogP contribution is -2.26. The van der Waals surface area contributed by atoms with Gasteiger partial charge >= 0.3 is 0 Å². The van der Waals surface area contributed by atoms with Gasteiger partial charge in [-0.3, -0.25) is 0 Å². The van der Waals surface area contributed by atoms with Gasteiger partial charge in [0, 0.05) is 9.52 Å². The van der Waals surface area contributed by atoms with Crippen LogP contribution in [0.25, 0.3) is 0 Å². The molecule has 0 amide bonds. The predicted molar refractivity (Wildman–Crippen MR) is 60.1 cm³/mol. The maximum Gasteiger partial charge on any atom is 0.0950 e. The Morgan fingerprint density at radius 3 is 2.18 bits per heavy atom. The summed E-state index contributed by atoms with van der Waals surface area (Å²) in [5.41, 5.74) is 0. The molecule has 0 unspecified atom stereocenters. The van der Waals surface area contributed by atoms with E-state index in [-0.39, 0.29) is 9.68 Å². The minimum Gasteiger partial charge on any atom is -0.330 e. The first-order valence-corrected chi connectivity index (χ1v) is 9.12. The molecule has 1 nitrogen and oxygen atoms in total. The Bertz CT molecular complexity index is 74.5. The number of hydrogen-bond acceptors (Lipinski definition) is 1. The smallest absolute Gasteiger partial charge is 0.0950 e. The summed E-state index contributed by atoms with van der Waals surface area (Å²) in [5.74, 6) is 0. The van der Waals surface area contributed by atoms with Crippen molar-refractivity contribution in [2.45, 2.75) is 38.9 Å². The van der Waals surface area contributed by atoms with E-state index in [2.05, 4.69) is 25.0 Å². The van der Waals surface area contributed by atoms with E-state index in [9.17, 15) is 0 Å². The minimum atomic E-state index is 0.160. The van der Waals surface area contributed by atoms with E-state index in [4.69, 9.17) is 0 Å². The molecule has 0 heterocycles. The second-order valence-corrected chi connectivity index (χ2v) is 6.84. The zero-order valence-electron chi connectivity index (χ0n) is 8.40. The van der Waals surface area contributed by atoms with Gasteiger partial charge in [0.1, 0.15) is 0 Å². The highest BCUT2D eigenvalue weighted by atomic mass is 28.2. The lowest BCUT2D eigenvalue weighted by molar-refractivity contribution is 0.491. The van der Waals surface area contributed by atoms with E-state index >= 15 is 0 Å². The Morgan fingerprint density at radius 2 is 1.73 bits per heavy atom. The molecule has 0 fully saturated rings. The van der Waals surface area contributed by atoms with Crippen molar-refractivity contribution in [3.05, 3.63) is 0 Å². The quantitative estimate of drug-likeness (QED) is 0.424. The van der Waals surface area contributed by atoms with Crippen LogP contribution in [0.3, 0.4) is 0 Å². The van der Waals surface area contributed by atoms with Crippen LogP contribution in [0.15, 0.2) is 0 Å². The van der Waals surface area contributed by atoms with Gasteiger partial charge in [-0.2, -0.15) is 0 Å². The summed E-state index contributed by atoms with van der Waals surface area (Å²) < 4.78 is 2.65. The third kappa shape index (κ3) is 6.78. The fraction of sp³-hybridized carbons (Fsp3) is 1.00. The van der Waals surface area contributed by atoms with Crippen LogP contribution in [-0.2, 0) is 0 Å². The highest BCUT2D eigenvalue weighted by Gasteiger charge is 1.97. The van der Waals surface area contributed by atoms with Gasteiger partial charge in [-0.15, -0.1) is 0 Å². The molecule has 11 heavy (non-hydrogen) atoms. The van der Waals surface area contributed by atoms with Crippen LogP contribution < -0.4 is 0 Å². The largest absolute Gasteiger partial charge is 0.330 e. The van der Waals surface area contributed by atoms with Crippen molar-refractivity contribution in [1.29, 1.82) is 0 Å². The van der Waals surface area contributed by atoms with E-state index in [1.165, 1.54) is 19.5 Å². The van der Waals surface area contributed by atoms with Crippen LogP contribution in [0.4, 0.5) is 0 Å². The summed E-state index contributed by atoms with van der Waals surface area (Å²) >= 11 is 0. The van der Waals surface area contributed by atoms with Crippen molar-refractivity contribution in [1.82, 2.24) is 4.57 Å². The first kappa shape index (κ1) is 11.4. The monoisotopic (exact) mass is 189 g/mol. The molecule has 0 bridgehead atoms. The number of nitrogens with zero attached hydrogens (tertiary/aromatic N) is 1. The van der Waals surface area contributed by atoms with Gasteiger partial charge in [0.25, 0.3) is 0 Å². The van der Waals surface area contributed by atoms with Crippen LogP contribution in [0, 0.1) is 0 Å². The molecule has 0 aromatic rings. The van der Waals surface area contributed by atoms with E-state index in [1.54, 1.807) is 12.1 Å². The Morgan fingerprint density at radius 1 is 1.09 bits per heavy atom. The molecule has 0 N–H and O–H groups in total. The highest BCUT2D eigenvalue weighted by molar-refractivity contribution is 6.34. The molecule has 68 valence electrons. The lowest BCUT2D eigenvalue weighted by atomic mass is 10.6. The molecule has 0 rings (SSSR count). The van der Waals surface area contributed by atoms with Crippen molar-refractivity contribution in [2.24, 2.45) is 0 Å². The third-order valence-electron chi connectivity index (χ3n) is 2.22. The van der Waals surface area contributed by atoms with Crippen molar-refractivity contribution < 1.29 is 0 Å². The zero-order valence-corrected chi connectivity index (χ0v) is 11.2. The Labute approximate surface area is 76.3 Å². The summed E-state index contributed by atoms with van der Waals surface area (Å²) in [6, 6.07) is 3.14. The summed E-state index contributed by atoms with van der Waals surface area (Å²) in [5, 5.41) is 0. The summed E-state index contributed by atoms with van der Waals surface area (Å²) in [7, 11) is 0.521. The SMILES string of the molecule is CCN(CC)[SiH2]CCC[SiH2]C. The fourth-order valence-electron chi connectivity index (χ4n) is 1.30. The van der Waals surface area contributed by atoms with Crippen molar-refractivity contribution in [3.8, 4) is 0 Å². The molecule has 0 spiro atoms. The van der Waals surface area contributed by atoms with Crippen molar-refractivity contribution in [3.63, 3.8) is 0 Å². The van der Waals surface area contributed by atoms with Crippen LogP contribution >= 0.6 is 0 Å². The normalized spacial score (nSPS) is 13.1. The molecule has 0 aliphatic carbocycles. The van der Waals surface area contributed by atoms with E-state index in [0.29, 0.717) is 9.52 Å². The molecular formula is C8H23NSi2.